The number of carbonyl (C=O) groups is 1. The molecule has 26 heavy (non-hydrogen) atoms. The number of rotatable bonds is 6. The Hall–Kier alpha value is -2.65. The van der Waals surface area contributed by atoms with E-state index in [1.165, 1.54) is 31.4 Å². The number of nitrogens with one attached hydrogen (secondary N) is 1. The summed E-state index contributed by atoms with van der Waals surface area (Å²) >= 11 is 5.91. The molecule has 138 valence electrons. The van der Waals surface area contributed by atoms with E-state index >= 15 is 0 Å². The standard InChI is InChI=1S/C16H17ClN4O4S/c1-4-9-21(15-18-11(2)10-14(19-15)25-3)16(22)20-26(23,24)13-8-6-5-7-12(13)17/h4-8,10H,1,9H2,2-3H3,(H,20,22). The number of benzene rings is 1. The van der Waals surface area contributed by atoms with E-state index < -0.39 is 16.1 Å². The van der Waals surface area contributed by atoms with Gasteiger partial charge in [0.1, 0.15) is 4.90 Å². The van der Waals surface area contributed by atoms with Gasteiger partial charge in [0.15, 0.2) is 0 Å². The number of hydrogen-bond acceptors (Lipinski definition) is 6. The third-order valence-electron chi connectivity index (χ3n) is 3.17. The first-order valence-corrected chi connectivity index (χ1v) is 9.24. The van der Waals surface area contributed by atoms with Crippen molar-refractivity contribution in [2.45, 2.75) is 11.8 Å². The fourth-order valence-corrected chi connectivity index (χ4v) is 3.49. The summed E-state index contributed by atoms with van der Waals surface area (Å²) in [5.74, 6) is 0.219. The van der Waals surface area contributed by atoms with Crippen molar-refractivity contribution < 1.29 is 17.9 Å². The lowest BCUT2D eigenvalue weighted by atomic mass is 10.4. The third-order valence-corrected chi connectivity index (χ3v) is 4.99. The maximum atomic E-state index is 12.6. The zero-order chi connectivity index (χ0) is 19.3. The highest BCUT2D eigenvalue weighted by atomic mass is 35.5. The second-order valence-corrected chi connectivity index (χ2v) is 7.15. The lowest BCUT2D eigenvalue weighted by Gasteiger charge is -2.20. The predicted molar refractivity (Wildman–Crippen MR) is 98.0 cm³/mol. The van der Waals surface area contributed by atoms with E-state index in [9.17, 15) is 13.2 Å². The number of aromatic nitrogens is 2. The van der Waals surface area contributed by atoms with E-state index in [4.69, 9.17) is 16.3 Å². The van der Waals surface area contributed by atoms with Crippen molar-refractivity contribution in [3.05, 3.63) is 53.7 Å². The molecule has 1 heterocycles. The van der Waals surface area contributed by atoms with Crippen LogP contribution < -0.4 is 14.4 Å². The predicted octanol–water partition coefficient (Wildman–Crippen LogP) is 2.54. The molecule has 0 unspecified atom stereocenters. The van der Waals surface area contributed by atoms with E-state index in [1.807, 2.05) is 4.72 Å². The van der Waals surface area contributed by atoms with Gasteiger partial charge in [0.25, 0.3) is 10.0 Å². The first-order valence-electron chi connectivity index (χ1n) is 7.38. The quantitative estimate of drug-likeness (QED) is 0.753. The van der Waals surface area contributed by atoms with Gasteiger partial charge in [-0.25, -0.2) is 22.9 Å². The first kappa shape index (κ1) is 19.7. The minimum absolute atomic E-state index is 0.00320. The summed E-state index contributed by atoms with van der Waals surface area (Å²) < 4.78 is 31.9. The Balaban J connectivity index is 2.36. The largest absolute Gasteiger partial charge is 0.481 e. The summed E-state index contributed by atoms with van der Waals surface area (Å²) in [6.07, 6.45) is 1.42. The van der Waals surface area contributed by atoms with Crippen molar-refractivity contribution in [3.63, 3.8) is 0 Å². The Labute approximate surface area is 156 Å². The topological polar surface area (TPSA) is 101 Å². The zero-order valence-corrected chi connectivity index (χ0v) is 15.7. The SMILES string of the molecule is C=CCN(C(=O)NS(=O)(=O)c1ccccc1Cl)c1nc(C)cc(OC)n1. The van der Waals surface area contributed by atoms with E-state index in [0.29, 0.717) is 5.69 Å². The van der Waals surface area contributed by atoms with Crippen LogP contribution in [-0.2, 0) is 10.0 Å². The molecule has 2 amide bonds. The normalized spacial score (nSPS) is 10.9. The van der Waals surface area contributed by atoms with Gasteiger partial charge in [0.2, 0.25) is 11.8 Å². The van der Waals surface area contributed by atoms with Crippen molar-refractivity contribution >= 4 is 33.6 Å². The molecule has 10 heteroatoms. The van der Waals surface area contributed by atoms with Gasteiger partial charge in [0.05, 0.1) is 12.1 Å². The Morgan fingerprint density at radius 3 is 2.69 bits per heavy atom. The summed E-state index contributed by atoms with van der Waals surface area (Å²) in [6, 6.07) is 6.42. The van der Waals surface area contributed by atoms with Crippen molar-refractivity contribution in [2.75, 3.05) is 18.6 Å². The molecule has 0 aliphatic rings. The molecule has 2 rings (SSSR count). The molecular weight excluding hydrogens is 380 g/mol. The number of amides is 2. The molecule has 0 aliphatic carbocycles. The number of carbonyl (C=O) groups excluding carboxylic acids is 1. The van der Waals surface area contributed by atoms with E-state index in [-0.39, 0.29) is 28.3 Å². The molecule has 0 saturated heterocycles. The molecule has 0 fully saturated rings. The fraction of sp³-hybridized carbons (Fsp3) is 0.188. The van der Waals surface area contributed by atoms with Crippen LogP contribution >= 0.6 is 11.6 Å². The minimum atomic E-state index is -4.18. The Morgan fingerprint density at radius 2 is 2.08 bits per heavy atom. The van der Waals surface area contributed by atoms with Gasteiger partial charge in [-0.3, -0.25) is 4.90 Å². The zero-order valence-electron chi connectivity index (χ0n) is 14.1. The average Bonchev–Trinajstić information content (AvgIpc) is 2.58. The molecule has 0 bridgehead atoms. The Bertz CT molecular complexity index is 934. The molecule has 1 aromatic carbocycles. The van der Waals surface area contributed by atoms with Crippen molar-refractivity contribution in [1.29, 1.82) is 0 Å². The second kappa shape index (κ2) is 8.15. The van der Waals surface area contributed by atoms with Gasteiger partial charge >= 0.3 is 6.03 Å². The van der Waals surface area contributed by atoms with E-state index in [0.717, 1.165) is 4.90 Å². The highest BCUT2D eigenvalue weighted by Crippen LogP contribution is 2.21. The number of hydrogen-bond donors (Lipinski definition) is 1. The van der Waals surface area contributed by atoms with Crippen molar-refractivity contribution in [2.24, 2.45) is 0 Å². The number of nitrogens with zero attached hydrogens (tertiary/aromatic N) is 3. The minimum Gasteiger partial charge on any atom is -0.481 e. The molecule has 0 radical (unpaired) electrons. The molecule has 0 aliphatic heterocycles. The smallest absolute Gasteiger partial charge is 0.338 e. The number of halogens is 1. The van der Waals surface area contributed by atoms with Crippen LogP contribution in [0.3, 0.4) is 0 Å². The van der Waals surface area contributed by atoms with Crippen LogP contribution in [0.5, 0.6) is 5.88 Å². The number of sulfonamides is 1. The lowest BCUT2D eigenvalue weighted by Crippen LogP contribution is -2.44. The van der Waals surface area contributed by atoms with Crippen LogP contribution in [0.1, 0.15) is 5.69 Å². The lowest BCUT2D eigenvalue weighted by molar-refractivity contribution is 0.251. The molecule has 0 saturated carbocycles. The number of urea groups is 1. The van der Waals surface area contributed by atoms with Crippen molar-refractivity contribution in [1.82, 2.24) is 14.7 Å². The van der Waals surface area contributed by atoms with Crippen molar-refractivity contribution in [3.8, 4) is 5.88 Å². The maximum absolute atomic E-state index is 12.6. The maximum Gasteiger partial charge on any atom is 0.338 e. The van der Waals surface area contributed by atoms with Gasteiger partial charge in [-0.1, -0.05) is 29.8 Å². The molecular formula is C16H17ClN4O4S. The van der Waals surface area contributed by atoms with Crippen LogP contribution in [-0.4, -0.2) is 38.1 Å². The third kappa shape index (κ3) is 4.50. The van der Waals surface area contributed by atoms with Crippen LogP contribution in [0, 0.1) is 6.92 Å². The monoisotopic (exact) mass is 396 g/mol. The first-order chi connectivity index (χ1) is 12.3. The van der Waals surface area contributed by atoms with Crippen LogP contribution in [0.4, 0.5) is 10.7 Å². The molecule has 0 atom stereocenters. The summed E-state index contributed by atoms with van der Waals surface area (Å²) in [5.41, 5.74) is 0.544. The molecule has 1 N–H and O–H groups in total. The van der Waals surface area contributed by atoms with Gasteiger partial charge in [-0.15, -0.1) is 6.58 Å². The molecule has 2 aromatic rings. The summed E-state index contributed by atoms with van der Waals surface area (Å²) in [7, 11) is -2.76. The van der Waals surface area contributed by atoms with Crippen LogP contribution in [0.2, 0.25) is 5.02 Å². The summed E-state index contributed by atoms with van der Waals surface area (Å²) in [5, 5.41) is -0.00320. The van der Waals surface area contributed by atoms with Gasteiger partial charge < -0.3 is 4.74 Å². The number of methoxy groups -OCH3 is 1. The number of aryl methyl sites for hydroxylation is 1. The van der Waals surface area contributed by atoms with Gasteiger partial charge in [0, 0.05) is 18.3 Å². The Morgan fingerprint density at radius 1 is 1.38 bits per heavy atom. The summed E-state index contributed by atoms with van der Waals surface area (Å²) in [4.78, 5) is 21.6. The van der Waals surface area contributed by atoms with Gasteiger partial charge in [-0.2, -0.15) is 4.98 Å². The molecule has 1 aromatic heterocycles. The second-order valence-electron chi connectivity index (χ2n) is 5.09. The van der Waals surface area contributed by atoms with E-state index in [2.05, 4.69) is 16.5 Å². The number of anilines is 1. The highest BCUT2D eigenvalue weighted by Gasteiger charge is 2.26. The summed E-state index contributed by atoms with van der Waals surface area (Å²) in [6.45, 7) is 5.24. The van der Waals surface area contributed by atoms with E-state index in [1.54, 1.807) is 19.1 Å². The molecule has 8 nitrogen and oxygen atoms in total. The highest BCUT2D eigenvalue weighted by molar-refractivity contribution is 7.90. The fourth-order valence-electron chi connectivity index (χ4n) is 2.02. The van der Waals surface area contributed by atoms with Gasteiger partial charge in [-0.05, 0) is 19.1 Å². The van der Waals surface area contributed by atoms with Crippen LogP contribution in [0.15, 0.2) is 47.9 Å². The average molecular weight is 397 g/mol. The molecule has 0 spiro atoms. The Kier molecular flexibility index (Phi) is 6.17. The van der Waals surface area contributed by atoms with Crippen LogP contribution in [0.25, 0.3) is 0 Å². The number of ether oxygens (including phenoxy) is 1.